The van der Waals surface area contributed by atoms with Crippen LogP contribution in [0.3, 0.4) is 0 Å². The highest BCUT2D eigenvalue weighted by molar-refractivity contribution is 6.74. The topological polar surface area (TPSA) is 47.6 Å². The third kappa shape index (κ3) is 8.02. The van der Waals surface area contributed by atoms with Gasteiger partial charge < -0.3 is 14.5 Å². The predicted molar refractivity (Wildman–Crippen MR) is 86.5 cm³/mol. The maximum atomic E-state index is 11.6. The Hall–Kier alpha value is -0.393. The lowest BCUT2D eigenvalue weighted by molar-refractivity contribution is -0.153. The molecule has 0 unspecified atom stereocenters. The first kappa shape index (κ1) is 19.6. The number of carbonyl (C=O) groups is 1. The second-order valence-electron chi connectivity index (χ2n) is 7.94. The zero-order chi connectivity index (χ0) is 16.2. The zero-order valence-corrected chi connectivity index (χ0v) is 15.7. The Morgan fingerprint density at radius 1 is 1.15 bits per heavy atom. The fourth-order valence-corrected chi connectivity index (χ4v) is 2.34. The summed E-state index contributed by atoms with van der Waals surface area (Å²) in [6.07, 6.45) is 0. The van der Waals surface area contributed by atoms with Gasteiger partial charge in [0.25, 0.3) is 0 Å². The summed E-state index contributed by atoms with van der Waals surface area (Å²) in [7, 11) is -1.72. The van der Waals surface area contributed by atoms with Gasteiger partial charge in [-0.1, -0.05) is 20.8 Å². The molecule has 1 N–H and O–H groups in total. The summed E-state index contributed by atoms with van der Waals surface area (Å²) in [5.41, 5.74) is -0.431. The Kier molecular flexibility index (Phi) is 6.91. The van der Waals surface area contributed by atoms with Crippen molar-refractivity contribution in [1.82, 2.24) is 5.32 Å². The number of rotatable bonds is 6. The van der Waals surface area contributed by atoms with Crippen molar-refractivity contribution in [2.24, 2.45) is 0 Å². The second kappa shape index (κ2) is 7.05. The van der Waals surface area contributed by atoms with E-state index in [-0.39, 0.29) is 23.6 Å². The van der Waals surface area contributed by atoms with E-state index in [0.29, 0.717) is 6.61 Å². The lowest BCUT2D eigenvalue weighted by atomic mass is 10.2. The van der Waals surface area contributed by atoms with Gasteiger partial charge in [0.05, 0.1) is 6.54 Å². The molecule has 0 saturated heterocycles. The minimum Gasteiger partial charge on any atom is -0.459 e. The molecule has 0 aromatic heterocycles. The van der Waals surface area contributed by atoms with Crippen LogP contribution >= 0.6 is 0 Å². The van der Waals surface area contributed by atoms with Crippen molar-refractivity contribution in [1.29, 1.82) is 0 Å². The number of hydrogen-bond acceptors (Lipinski definition) is 4. The highest BCUT2D eigenvalue weighted by Gasteiger charge is 2.37. The molecule has 0 spiro atoms. The monoisotopic (exact) mass is 303 g/mol. The first-order valence-corrected chi connectivity index (χ1v) is 10.2. The molecular weight excluding hydrogens is 270 g/mol. The predicted octanol–water partition coefficient (Wildman–Crippen LogP) is 3.33. The number of esters is 1. The fraction of sp³-hybridized carbons (Fsp3) is 0.933. The van der Waals surface area contributed by atoms with Crippen molar-refractivity contribution in [3.05, 3.63) is 0 Å². The third-order valence-corrected chi connectivity index (χ3v) is 8.02. The molecule has 0 aliphatic rings. The van der Waals surface area contributed by atoms with Crippen LogP contribution < -0.4 is 5.32 Å². The van der Waals surface area contributed by atoms with Crippen LogP contribution in [0.5, 0.6) is 0 Å². The van der Waals surface area contributed by atoms with Crippen LogP contribution in [-0.2, 0) is 14.0 Å². The number of ether oxygens (including phenoxy) is 1. The summed E-state index contributed by atoms with van der Waals surface area (Å²) in [6.45, 7) is 19.6. The lowest BCUT2D eigenvalue weighted by Crippen LogP contribution is -2.45. The molecule has 0 bridgehead atoms. The van der Waals surface area contributed by atoms with Gasteiger partial charge in [-0.3, -0.25) is 4.79 Å². The molecular formula is C15H33NO3Si. The van der Waals surface area contributed by atoms with Crippen molar-refractivity contribution in [3.8, 4) is 0 Å². The van der Waals surface area contributed by atoms with E-state index in [4.69, 9.17) is 9.16 Å². The van der Waals surface area contributed by atoms with E-state index in [1.54, 1.807) is 0 Å². The van der Waals surface area contributed by atoms with Crippen LogP contribution in [0.25, 0.3) is 0 Å². The second-order valence-corrected chi connectivity index (χ2v) is 12.7. The maximum absolute atomic E-state index is 11.6. The van der Waals surface area contributed by atoms with E-state index in [2.05, 4.69) is 39.2 Å². The molecule has 0 aromatic rings. The zero-order valence-electron chi connectivity index (χ0n) is 14.7. The number of carbonyl (C=O) groups excluding carboxylic acids is 1. The highest BCUT2D eigenvalue weighted by Crippen LogP contribution is 2.36. The van der Waals surface area contributed by atoms with Crippen LogP contribution in [0.15, 0.2) is 0 Å². The van der Waals surface area contributed by atoms with E-state index in [0.717, 1.165) is 0 Å². The normalized spacial score (nSPS) is 15.1. The molecule has 120 valence electrons. The average molecular weight is 304 g/mol. The van der Waals surface area contributed by atoms with Gasteiger partial charge >= 0.3 is 5.97 Å². The Bertz CT molecular complexity index is 316. The van der Waals surface area contributed by atoms with Gasteiger partial charge in [-0.05, 0) is 45.8 Å². The summed E-state index contributed by atoms with van der Waals surface area (Å²) in [4.78, 5) is 11.6. The van der Waals surface area contributed by atoms with Crippen LogP contribution in [-0.4, -0.2) is 39.1 Å². The summed E-state index contributed by atoms with van der Waals surface area (Å²) < 4.78 is 11.4. The molecule has 0 amide bonds. The van der Waals surface area contributed by atoms with E-state index in [1.165, 1.54) is 0 Å². The summed E-state index contributed by atoms with van der Waals surface area (Å²) in [6, 6.07) is 0.136. The highest BCUT2D eigenvalue weighted by atomic mass is 28.4. The van der Waals surface area contributed by atoms with E-state index < -0.39 is 13.9 Å². The van der Waals surface area contributed by atoms with Crippen molar-refractivity contribution < 1.29 is 14.0 Å². The largest absolute Gasteiger partial charge is 0.459 e. The molecule has 4 nitrogen and oxygen atoms in total. The van der Waals surface area contributed by atoms with E-state index in [1.807, 2.05) is 27.7 Å². The van der Waals surface area contributed by atoms with Gasteiger partial charge in [0.1, 0.15) is 5.60 Å². The van der Waals surface area contributed by atoms with Crippen molar-refractivity contribution in [2.45, 2.75) is 78.2 Å². The van der Waals surface area contributed by atoms with Crippen LogP contribution in [0.2, 0.25) is 18.1 Å². The first-order chi connectivity index (χ1) is 8.74. The molecule has 0 heterocycles. The van der Waals surface area contributed by atoms with Crippen LogP contribution in [0.1, 0.15) is 48.5 Å². The van der Waals surface area contributed by atoms with Crippen LogP contribution in [0.4, 0.5) is 0 Å². The van der Waals surface area contributed by atoms with Gasteiger partial charge in [0.15, 0.2) is 8.32 Å². The molecule has 0 aromatic carbocycles. The van der Waals surface area contributed by atoms with Crippen molar-refractivity contribution in [3.63, 3.8) is 0 Å². The Balaban J connectivity index is 4.08. The quantitative estimate of drug-likeness (QED) is 0.604. The molecule has 5 heteroatoms. The standard InChI is InChI=1S/C15H33NO3Si/c1-12(11-18-20(8,9)15(5,6)7)16-10-13(17)19-14(2,3)4/h12,16H,10-11H2,1-9H3/t12-/m1/s1. The number of nitrogens with one attached hydrogen (secondary N) is 1. The number of hydrogen-bond donors (Lipinski definition) is 1. The lowest BCUT2D eigenvalue weighted by Gasteiger charge is -2.37. The SMILES string of the molecule is C[C@H](CO[Si](C)(C)C(C)(C)C)NCC(=O)OC(C)(C)C. The Labute approximate surface area is 125 Å². The molecule has 0 aliphatic heterocycles. The molecule has 0 saturated carbocycles. The minimum absolute atomic E-state index is 0.136. The summed E-state index contributed by atoms with van der Waals surface area (Å²) >= 11 is 0. The molecule has 20 heavy (non-hydrogen) atoms. The van der Waals surface area contributed by atoms with Gasteiger partial charge in [-0.25, -0.2) is 0 Å². The van der Waals surface area contributed by atoms with E-state index >= 15 is 0 Å². The van der Waals surface area contributed by atoms with Crippen molar-refractivity contribution >= 4 is 14.3 Å². The molecule has 0 rings (SSSR count). The molecule has 0 radical (unpaired) electrons. The summed E-state index contributed by atoms with van der Waals surface area (Å²) in [5.74, 6) is -0.225. The molecule has 1 atom stereocenters. The smallest absolute Gasteiger partial charge is 0.320 e. The van der Waals surface area contributed by atoms with E-state index in [9.17, 15) is 4.79 Å². The third-order valence-electron chi connectivity index (χ3n) is 3.52. The van der Waals surface area contributed by atoms with Gasteiger partial charge in [0, 0.05) is 12.6 Å². The fourth-order valence-electron chi connectivity index (χ4n) is 1.24. The van der Waals surface area contributed by atoms with Gasteiger partial charge in [0.2, 0.25) is 0 Å². The van der Waals surface area contributed by atoms with Crippen LogP contribution in [0, 0.1) is 0 Å². The average Bonchev–Trinajstić information content (AvgIpc) is 2.19. The minimum atomic E-state index is -1.72. The van der Waals surface area contributed by atoms with Gasteiger partial charge in [-0.15, -0.1) is 0 Å². The first-order valence-electron chi connectivity index (χ1n) is 7.34. The van der Waals surface area contributed by atoms with Crippen molar-refractivity contribution in [2.75, 3.05) is 13.2 Å². The molecule has 0 aliphatic carbocycles. The Morgan fingerprint density at radius 2 is 1.65 bits per heavy atom. The molecule has 0 fully saturated rings. The Morgan fingerprint density at radius 3 is 2.05 bits per heavy atom. The summed E-state index contributed by atoms with van der Waals surface area (Å²) in [5, 5.41) is 3.36. The van der Waals surface area contributed by atoms with Gasteiger partial charge in [-0.2, -0.15) is 0 Å². The maximum Gasteiger partial charge on any atom is 0.320 e.